The molecule has 0 rings (SSSR count). The lowest BCUT2D eigenvalue weighted by Crippen LogP contribution is -2.18. The van der Waals surface area contributed by atoms with E-state index in [-0.39, 0.29) is 0 Å². The molecule has 0 bridgehead atoms. The molecule has 0 aliphatic heterocycles. The molecule has 0 heterocycles. The van der Waals surface area contributed by atoms with Crippen molar-refractivity contribution in [1.29, 1.82) is 0 Å². The van der Waals surface area contributed by atoms with E-state index in [0.29, 0.717) is 6.04 Å². The highest BCUT2D eigenvalue weighted by molar-refractivity contribution is 4.61. The van der Waals surface area contributed by atoms with Gasteiger partial charge in [0.25, 0.3) is 0 Å². The molecule has 0 spiro atoms. The minimum atomic E-state index is 0.384. The first-order chi connectivity index (χ1) is 4.20. The number of hydrogen-bond donors (Lipinski definition) is 1. The summed E-state index contributed by atoms with van der Waals surface area (Å²) < 4.78 is 0. The van der Waals surface area contributed by atoms with Crippen LogP contribution in [0.15, 0.2) is 0 Å². The second kappa shape index (κ2) is 4.80. The fourth-order valence-electron chi connectivity index (χ4n) is 1.15. The van der Waals surface area contributed by atoms with E-state index >= 15 is 0 Å². The van der Waals surface area contributed by atoms with Crippen LogP contribution in [0, 0.1) is 5.92 Å². The number of nitrogens with two attached hydrogens (primary N) is 1. The standard InChI is InChI=1S/C8H19N/c1-4-8(5-2)6-7(3)9/h7-8H,4-6,9H2,1-3H3/t7-/m1/s1. The average molecular weight is 129 g/mol. The highest BCUT2D eigenvalue weighted by atomic mass is 14.6. The summed E-state index contributed by atoms with van der Waals surface area (Å²) >= 11 is 0. The third-order valence-corrected chi connectivity index (χ3v) is 1.86. The van der Waals surface area contributed by atoms with Crippen LogP contribution >= 0.6 is 0 Å². The van der Waals surface area contributed by atoms with E-state index in [4.69, 9.17) is 5.73 Å². The van der Waals surface area contributed by atoms with Gasteiger partial charge in [0.2, 0.25) is 0 Å². The Morgan fingerprint density at radius 2 is 1.67 bits per heavy atom. The van der Waals surface area contributed by atoms with Gasteiger partial charge in [-0.3, -0.25) is 0 Å². The van der Waals surface area contributed by atoms with Gasteiger partial charge < -0.3 is 5.73 Å². The molecule has 9 heavy (non-hydrogen) atoms. The van der Waals surface area contributed by atoms with Crippen molar-refractivity contribution in [1.82, 2.24) is 0 Å². The van der Waals surface area contributed by atoms with Crippen molar-refractivity contribution in [2.45, 2.75) is 46.1 Å². The van der Waals surface area contributed by atoms with Gasteiger partial charge in [-0.1, -0.05) is 26.7 Å². The first kappa shape index (κ1) is 8.96. The lowest BCUT2D eigenvalue weighted by atomic mass is 9.96. The van der Waals surface area contributed by atoms with Crippen LogP contribution in [0.2, 0.25) is 0 Å². The largest absolute Gasteiger partial charge is 0.328 e. The van der Waals surface area contributed by atoms with E-state index in [9.17, 15) is 0 Å². The summed E-state index contributed by atoms with van der Waals surface area (Å²) in [5.74, 6) is 0.852. The molecule has 0 saturated carbocycles. The molecule has 0 radical (unpaired) electrons. The van der Waals surface area contributed by atoms with Crippen molar-refractivity contribution in [3.8, 4) is 0 Å². The second-order valence-electron chi connectivity index (χ2n) is 2.90. The van der Waals surface area contributed by atoms with Gasteiger partial charge in [0.1, 0.15) is 0 Å². The Labute approximate surface area is 58.6 Å². The van der Waals surface area contributed by atoms with Crippen LogP contribution in [0.25, 0.3) is 0 Å². The Morgan fingerprint density at radius 3 is 1.78 bits per heavy atom. The Hall–Kier alpha value is -0.0400. The summed E-state index contributed by atoms with van der Waals surface area (Å²) in [6.07, 6.45) is 3.74. The van der Waals surface area contributed by atoms with Gasteiger partial charge in [0, 0.05) is 6.04 Å². The highest BCUT2D eigenvalue weighted by Crippen LogP contribution is 2.13. The average Bonchev–Trinajstić information content (AvgIpc) is 1.82. The maximum absolute atomic E-state index is 5.64. The van der Waals surface area contributed by atoms with E-state index in [1.807, 2.05) is 0 Å². The third-order valence-electron chi connectivity index (χ3n) is 1.86. The van der Waals surface area contributed by atoms with Crippen molar-refractivity contribution < 1.29 is 0 Å². The topological polar surface area (TPSA) is 26.0 Å². The molecule has 0 unspecified atom stereocenters. The van der Waals surface area contributed by atoms with Crippen molar-refractivity contribution in [3.05, 3.63) is 0 Å². The van der Waals surface area contributed by atoms with E-state index in [0.717, 1.165) is 5.92 Å². The van der Waals surface area contributed by atoms with Crippen molar-refractivity contribution in [2.24, 2.45) is 11.7 Å². The van der Waals surface area contributed by atoms with E-state index < -0.39 is 0 Å². The predicted molar refractivity (Wildman–Crippen MR) is 42.3 cm³/mol. The molecule has 0 aromatic carbocycles. The second-order valence-corrected chi connectivity index (χ2v) is 2.90. The third kappa shape index (κ3) is 4.46. The lowest BCUT2D eigenvalue weighted by Gasteiger charge is -2.13. The molecular formula is C8H19N. The van der Waals surface area contributed by atoms with Crippen LogP contribution in [-0.2, 0) is 0 Å². The molecule has 0 saturated heterocycles. The molecule has 0 aliphatic carbocycles. The monoisotopic (exact) mass is 129 g/mol. The summed E-state index contributed by atoms with van der Waals surface area (Å²) in [7, 11) is 0. The van der Waals surface area contributed by atoms with Gasteiger partial charge >= 0.3 is 0 Å². The van der Waals surface area contributed by atoms with Crippen molar-refractivity contribution in [3.63, 3.8) is 0 Å². The first-order valence-electron chi connectivity index (χ1n) is 3.96. The van der Waals surface area contributed by atoms with Crippen LogP contribution in [0.4, 0.5) is 0 Å². The highest BCUT2D eigenvalue weighted by Gasteiger charge is 2.04. The first-order valence-corrected chi connectivity index (χ1v) is 3.96. The molecule has 0 aromatic rings. The van der Waals surface area contributed by atoms with Crippen LogP contribution in [-0.4, -0.2) is 6.04 Å². The van der Waals surface area contributed by atoms with Crippen LogP contribution in [0.3, 0.4) is 0 Å². The fourth-order valence-corrected chi connectivity index (χ4v) is 1.15. The van der Waals surface area contributed by atoms with Gasteiger partial charge in [0.15, 0.2) is 0 Å². The van der Waals surface area contributed by atoms with Crippen molar-refractivity contribution in [2.75, 3.05) is 0 Å². The zero-order valence-electron chi connectivity index (χ0n) is 6.85. The molecule has 0 aromatic heterocycles. The van der Waals surface area contributed by atoms with E-state index in [2.05, 4.69) is 20.8 Å². The fraction of sp³-hybridized carbons (Fsp3) is 1.00. The maximum Gasteiger partial charge on any atom is 0.00131 e. The predicted octanol–water partition coefficient (Wildman–Crippen LogP) is 2.16. The number of hydrogen-bond acceptors (Lipinski definition) is 1. The Balaban J connectivity index is 3.31. The summed E-state index contributed by atoms with van der Waals surface area (Å²) in [5.41, 5.74) is 5.64. The van der Waals surface area contributed by atoms with Gasteiger partial charge in [-0.05, 0) is 19.3 Å². The minimum absolute atomic E-state index is 0.384. The maximum atomic E-state index is 5.64. The molecule has 56 valence electrons. The normalized spacial score (nSPS) is 14.3. The minimum Gasteiger partial charge on any atom is -0.328 e. The van der Waals surface area contributed by atoms with Gasteiger partial charge in [-0.15, -0.1) is 0 Å². The Bertz CT molecular complexity index is 55.6. The zero-order chi connectivity index (χ0) is 7.28. The Morgan fingerprint density at radius 1 is 1.22 bits per heavy atom. The molecule has 1 atom stereocenters. The molecule has 0 fully saturated rings. The van der Waals surface area contributed by atoms with Crippen LogP contribution in [0.5, 0.6) is 0 Å². The molecule has 0 aliphatic rings. The Kier molecular flexibility index (Phi) is 4.78. The molecular weight excluding hydrogens is 110 g/mol. The van der Waals surface area contributed by atoms with Gasteiger partial charge in [-0.25, -0.2) is 0 Å². The molecule has 0 amide bonds. The summed E-state index contributed by atoms with van der Waals surface area (Å²) in [6.45, 7) is 6.55. The number of rotatable bonds is 4. The van der Waals surface area contributed by atoms with E-state index in [1.165, 1.54) is 19.3 Å². The summed E-state index contributed by atoms with van der Waals surface area (Å²) in [4.78, 5) is 0. The van der Waals surface area contributed by atoms with E-state index in [1.54, 1.807) is 0 Å². The SMILES string of the molecule is CCC(CC)C[C@@H](C)N. The lowest BCUT2D eigenvalue weighted by molar-refractivity contribution is 0.421. The van der Waals surface area contributed by atoms with Gasteiger partial charge in [0.05, 0.1) is 0 Å². The zero-order valence-corrected chi connectivity index (χ0v) is 6.85. The smallest absolute Gasteiger partial charge is 0.00131 e. The molecule has 2 N–H and O–H groups in total. The summed E-state index contributed by atoms with van der Waals surface area (Å²) in [6, 6.07) is 0.384. The van der Waals surface area contributed by atoms with Crippen molar-refractivity contribution >= 4 is 0 Å². The van der Waals surface area contributed by atoms with Crippen LogP contribution < -0.4 is 5.73 Å². The molecule has 1 heteroatoms. The molecule has 1 nitrogen and oxygen atoms in total. The van der Waals surface area contributed by atoms with Crippen LogP contribution in [0.1, 0.15) is 40.0 Å². The van der Waals surface area contributed by atoms with Gasteiger partial charge in [-0.2, -0.15) is 0 Å². The summed E-state index contributed by atoms with van der Waals surface area (Å²) in [5, 5.41) is 0. The quantitative estimate of drug-likeness (QED) is 0.618.